The Hall–Kier alpha value is -3.42. The van der Waals surface area contributed by atoms with Crippen LogP contribution < -0.4 is 21.7 Å². The van der Waals surface area contributed by atoms with Crippen LogP contribution in [0.25, 0.3) is 0 Å². The summed E-state index contributed by atoms with van der Waals surface area (Å²) in [6, 6.07) is 11.8. The number of amides is 4. The van der Waals surface area contributed by atoms with E-state index in [1.807, 2.05) is 13.8 Å². The first-order valence-electron chi connectivity index (χ1n) is 9.24. The maximum atomic E-state index is 13.0. The van der Waals surface area contributed by atoms with Crippen molar-refractivity contribution in [2.75, 3.05) is 11.9 Å². The molecule has 0 aromatic heterocycles. The van der Waals surface area contributed by atoms with Crippen LogP contribution in [0.3, 0.4) is 0 Å². The third-order valence-electron chi connectivity index (χ3n) is 4.15. The third kappa shape index (κ3) is 6.91. The molecule has 4 amide bonds. The first-order chi connectivity index (χ1) is 13.8. The second-order valence-corrected chi connectivity index (χ2v) is 6.94. The van der Waals surface area contributed by atoms with E-state index in [0.717, 1.165) is 5.56 Å². The van der Waals surface area contributed by atoms with Crippen molar-refractivity contribution in [3.63, 3.8) is 0 Å². The van der Waals surface area contributed by atoms with Gasteiger partial charge >= 0.3 is 6.03 Å². The lowest BCUT2D eigenvalue weighted by molar-refractivity contribution is -0.121. The molecule has 7 nitrogen and oxygen atoms in total. The van der Waals surface area contributed by atoms with Crippen LogP contribution in [0.15, 0.2) is 48.5 Å². The molecular formula is C21H25FN4O3. The van der Waals surface area contributed by atoms with Crippen molar-refractivity contribution >= 4 is 23.5 Å². The molecule has 2 aromatic carbocycles. The molecule has 154 valence electrons. The van der Waals surface area contributed by atoms with Crippen LogP contribution in [-0.4, -0.2) is 30.4 Å². The van der Waals surface area contributed by atoms with Crippen LogP contribution in [0.4, 0.5) is 14.9 Å². The summed E-state index contributed by atoms with van der Waals surface area (Å²) >= 11 is 0. The van der Waals surface area contributed by atoms with Gasteiger partial charge in [-0.25, -0.2) is 9.18 Å². The van der Waals surface area contributed by atoms with E-state index in [-0.39, 0.29) is 30.4 Å². The highest BCUT2D eigenvalue weighted by Crippen LogP contribution is 2.15. The molecule has 0 heterocycles. The summed E-state index contributed by atoms with van der Waals surface area (Å²) in [5.41, 5.74) is 6.79. The predicted octanol–water partition coefficient (Wildman–Crippen LogP) is 2.43. The quantitative estimate of drug-likeness (QED) is 0.546. The number of rotatable bonds is 8. The number of carbonyl (C=O) groups excluding carboxylic acids is 3. The van der Waals surface area contributed by atoms with Gasteiger partial charge in [-0.3, -0.25) is 9.59 Å². The molecule has 0 spiro atoms. The van der Waals surface area contributed by atoms with Crippen molar-refractivity contribution in [2.24, 2.45) is 11.7 Å². The van der Waals surface area contributed by atoms with Gasteiger partial charge in [0.2, 0.25) is 5.91 Å². The third-order valence-corrected chi connectivity index (χ3v) is 4.15. The van der Waals surface area contributed by atoms with E-state index in [0.29, 0.717) is 5.69 Å². The highest BCUT2D eigenvalue weighted by Gasteiger charge is 2.19. The topological polar surface area (TPSA) is 113 Å². The number of nitrogens with two attached hydrogens (primary N) is 1. The van der Waals surface area contributed by atoms with E-state index < -0.39 is 23.8 Å². The minimum atomic E-state index is -0.659. The molecule has 8 heteroatoms. The Labute approximate surface area is 168 Å². The standard InChI is InChI=1S/C21H25FN4O3/c1-13(2)25-21(29)26-18-6-4-3-5-17(18)20(28)24-12-15(19(23)27)11-14-7-9-16(22)10-8-14/h3-10,13,15H,11-12H2,1-2H3,(H2,23,27)(H,24,28)(H2,25,26,29). The lowest BCUT2D eigenvalue weighted by atomic mass is 9.98. The van der Waals surface area contributed by atoms with Crippen molar-refractivity contribution in [1.29, 1.82) is 0 Å². The summed E-state index contributed by atoms with van der Waals surface area (Å²) in [7, 11) is 0. The summed E-state index contributed by atoms with van der Waals surface area (Å²) < 4.78 is 13.0. The van der Waals surface area contributed by atoms with Gasteiger partial charge in [-0.2, -0.15) is 0 Å². The Morgan fingerprint density at radius 1 is 1.03 bits per heavy atom. The minimum absolute atomic E-state index is 0.0120. The van der Waals surface area contributed by atoms with Crippen molar-refractivity contribution in [1.82, 2.24) is 10.6 Å². The van der Waals surface area contributed by atoms with Gasteiger partial charge in [0.25, 0.3) is 5.91 Å². The zero-order valence-electron chi connectivity index (χ0n) is 16.4. The Balaban J connectivity index is 2.03. The number of para-hydroxylation sites is 1. The van der Waals surface area contributed by atoms with Crippen LogP contribution in [0, 0.1) is 11.7 Å². The van der Waals surface area contributed by atoms with Gasteiger partial charge in [0.15, 0.2) is 0 Å². The predicted molar refractivity (Wildman–Crippen MR) is 109 cm³/mol. The molecule has 0 aliphatic rings. The SMILES string of the molecule is CC(C)NC(=O)Nc1ccccc1C(=O)NCC(Cc1ccc(F)cc1)C(N)=O. The van der Waals surface area contributed by atoms with E-state index >= 15 is 0 Å². The number of nitrogens with one attached hydrogen (secondary N) is 3. The second kappa shape index (κ2) is 10.2. The van der Waals surface area contributed by atoms with E-state index in [1.165, 1.54) is 12.1 Å². The molecule has 1 atom stereocenters. The van der Waals surface area contributed by atoms with Crippen molar-refractivity contribution < 1.29 is 18.8 Å². The lowest BCUT2D eigenvalue weighted by Gasteiger charge is -2.16. The molecule has 0 saturated heterocycles. The van der Waals surface area contributed by atoms with Crippen LogP contribution in [0.1, 0.15) is 29.8 Å². The molecule has 0 fully saturated rings. The molecule has 29 heavy (non-hydrogen) atoms. The van der Waals surface area contributed by atoms with Crippen molar-refractivity contribution in [3.05, 3.63) is 65.5 Å². The van der Waals surface area contributed by atoms with Crippen LogP contribution >= 0.6 is 0 Å². The highest BCUT2D eigenvalue weighted by molar-refractivity contribution is 6.03. The van der Waals surface area contributed by atoms with Crippen LogP contribution in [0.2, 0.25) is 0 Å². The Kier molecular flexibility index (Phi) is 7.70. The number of halogens is 1. The number of carbonyl (C=O) groups is 3. The van der Waals surface area contributed by atoms with E-state index in [2.05, 4.69) is 16.0 Å². The van der Waals surface area contributed by atoms with E-state index in [1.54, 1.807) is 36.4 Å². The number of benzene rings is 2. The summed E-state index contributed by atoms with van der Waals surface area (Å²) in [5, 5.41) is 8.01. The molecule has 2 aromatic rings. The van der Waals surface area contributed by atoms with Gasteiger partial charge in [0.1, 0.15) is 5.82 Å². The van der Waals surface area contributed by atoms with Crippen LogP contribution in [-0.2, 0) is 11.2 Å². The molecular weight excluding hydrogens is 375 g/mol. The Morgan fingerprint density at radius 2 is 1.69 bits per heavy atom. The fourth-order valence-electron chi connectivity index (χ4n) is 2.70. The zero-order valence-corrected chi connectivity index (χ0v) is 16.4. The summed E-state index contributed by atoms with van der Waals surface area (Å²) in [4.78, 5) is 36.3. The largest absolute Gasteiger partial charge is 0.369 e. The van der Waals surface area contributed by atoms with Gasteiger partial charge in [-0.1, -0.05) is 24.3 Å². The number of hydrogen-bond donors (Lipinski definition) is 4. The smallest absolute Gasteiger partial charge is 0.319 e. The highest BCUT2D eigenvalue weighted by atomic mass is 19.1. The molecule has 2 rings (SSSR count). The molecule has 0 bridgehead atoms. The number of hydrogen-bond acceptors (Lipinski definition) is 3. The monoisotopic (exact) mass is 400 g/mol. The maximum absolute atomic E-state index is 13.0. The normalized spacial score (nSPS) is 11.6. The fourth-order valence-corrected chi connectivity index (χ4v) is 2.70. The molecule has 0 aliphatic heterocycles. The summed E-state index contributed by atoms with van der Waals surface area (Å²) in [6.45, 7) is 3.66. The zero-order chi connectivity index (χ0) is 21.4. The first-order valence-corrected chi connectivity index (χ1v) is 9.24. The van der Waals surface area contributed by atoms with E-state index in [9.17, 15) is 18.8 Å². The van der Waals surface area contributed by atoms with Crippen molar-refractivity contribution in [3.8, 4) is 0 Å². The van der Waals surface area contributed by atoms with Gasteiger partial charge < -0.3 is 21.7 Å². The molecule has 1 unspecified atom stereocenters. The number of primary amides is 1. The fraction of sp³-hybridized carbons (Fsp3) is 0.286. The van der Waals surface area contributed by atoms with Gasteiger partial charge in [0.05, 0.1) is 17.2 Å². The Bertz CT molecular complexity index is 868. The Morgan fingerprint density at radius 3 is 2.31 bits per heavy atom. The first kappa shape index (κ1) is 21.9. The van der Waals surface area contributed by atoms with Crippen molar-refractivity contribution in [2.45, 2.75) is 26.3 Å². The van der Waals surface area contributed by atoms with Crippen LogP contribution in [0.5, 0.6) is 0 Å². The number of anilines is 1. The maximum Gasteiger partial charge on any atom is 0.319 e. The summed E-state index contributed by atoms with van der Waals surface area (Å²) in [5.74, 6) is -2.05. The molecule has 0 aliphatic carbocycles. The molecule has 0 radical (unpaired) electrons. The average Bonchev–Trinajstić information content (AvgIpc) is 2.65. The van der Waals surface area contributed by atoms with Gasteiger partial charge in [-0.15, -0.1) is 0 Å². The number of urea groups is 1. The molecule has 0 saturated carbocycles. The van der Waals surface area contributed by atoms with Gasteiger partial charge in [-0.05, 0) is 50.1 Å². The van der Waals surface area contributed by atoms with Gasteiger partial charge in [0, 0.05) is 12.6 Å². The average molecular weight is 400 g/mol. The minimum Gasteiger partial charge on any atom is -0.369 e. The summed E-state index contributed by atoms with van der Waals surface area (Å²) in [6.07, 6.45) is 0.270. The second-order valence-electron chi connectivity index (χ2n) is 6.94. The van der Waals surface area contributed by atoms with E-state index in [4.69, 9.17) is 5.73 Å². The molecule has 5 N–H and O–H groups in total. The lowest BCUT2D eigenvalue weighted by Crippen LogP contribution is -2.38.